The second-order valence-corrected chi connectivity index (χ2v) is 12.1. The summed E-state index contributed by atoms with van der Waals surface area (Å²) in [5.74, 6) is 0. The summed E-state index contributed by atoms with van der Waals surface area (Å²) in [4.78, 5) is 4.76. The van der Waals surface area contributed by atoms with Gasteiger partial charge in [-0.3, -0.25) is 0 Å². The van der Waals surface area contributed by atoms with Gasteiger partial charge in [0.2, 0.25) is 0 Å². The first-order valence-electron chi connectivity index (χ1n) is 15.6. The predicted octanol–water partition coefficient (Wildman–Crippen LogP) is 12.4. The lowest BCUT2D eigenvalue weighted by atomic mass is 9.93. The zero-order valence-electron chi connectivity index (χ0n) is 25.8. The van der Waals surface area contributed by atoms with Crippen LogP contribution in [0.5, 0.6) is 0 Å². The first-order valence-corrected chi connectivity index (χ1v) is 15.6. The molecule has 0 aliphatic carbocycles. The van der Waals surface area contributed by atoms with E-state index in [0.29, 0.717) is 0 Å². The van der Waals surface area contributed by atoms with Crippen molar-refractivity contribution in [2.24, 2.45) is 0 Å². The molecule has 0 aliphatic rings. The lowest BCUT2D eigenvalue weighted by molar-refractivity contribution is 1.24. The fourth-order valence-electron chi connectivity index (χ4n) is 6.64. The predicted molar refractivity (Wildman–Crippen MR) is 194 cm³/mol. The van der Waals surface area contributed by atoms with Crippen LogP contribution in [0.1, 0.15) is 16.7 Å². The summed E-state index contributed by atoms with van der Waals surface area (Å²) in [5, 5.41) is 7.71. The van der Waals surface area contributed by atoms with Crippen molar-refractivity contribution in [3.8, 4) is 0 Å². The fraction of sp³-hybridized carbons (Fsp3) is 0.0698. The summed E-state index contributed by atoms with van der Waals surface area (Å²) in [5.41, 5.74) is 10.5. The molecule has 8 aromatic rings. The van der Waals surface area contributed by atoms with E-state index >= 15 is 0 Å². The van der Waals surface area contributed by atoms with Gasteiger partial charge in [0.15, 0.2) is 0 Å². The highest BCUT2D eigenvalue weighted by Crippen LogP contribution is 2.45. The van der Waals surface area contributed by atoms with Gasteiger partial charge in [0.25, 0.3) is 0 Å². The maximum atomic E-state index is 2.41. The van der Waals surface area contributed by atoms with Crippen molar-refractivity contribution in [3.05, 3.63) is 168 Å². The standard InChI is InChI=1S/C43H34N2/c1-29-10-20-35(21-11-29)44(36-22-12-30(2)13-23-36)38-8-5-9-39(28-38)45(37-24-14-31(3)15-25-37)41-27-19-34-17-16-32-6-4-7-33-18-26-40(41)43(34)42(32)33/h4-28H,1-3H3. The molecule has 216 valence electrons. The molecule has 2 heteroatoms. The van der Waals surface area contributed by atoms with Crippen molar-refractivity contribution in [3.63, 3.8) is 0 Å². The highest BCUT2D eigenvalue weighted by molar-refractivity contribution is 6.25. The van der Waals surface area contributed by atoms with Gasteiger partial charge in [0, 0.05) is 33.8 Å². The van der Waals surface area contributed by atoms with Crippen molar-refractivity contribution in [2.45, 2.75) is 20.8 Å². The summed E-state index contributed by atoms with van der Waals surface area (Å²) in [6.07, 6.45) is 0. The SMILES string of the molecule is Cc1ccc(N(c2ccc(C)cc2)c2cccc(N(c3ccc(C)cc3)c3ccc4ccc5cccc6ccc3c4c56)c2)cc1. The number of nitrogens with zero attached hydrogens (tertiary/aromatic N) is 2. The van der Waals surface area contributed by atoms with Gasteiger partial charge in [-0.05, 0) is 108 Å². The second kappa shape index (κ2) is 10.8. The van der Waals surface area contributed by atoms with Crippen molar-refractivity contribution in [1.82, 2.24) is 0 Å². The molecule has 0 saturated carbocycles. The summed E-state index contributed by atoms with van der Waals surface area (Å²) < 4.78 is 0. The molecule has 0 heterocycles. The quantitative estimate of drug-likeness (QED) is 0.181. The maximum Gasteiger partial charge on any atom is 0.0540 e. The first-order chi connectivity index (χ1) is 22.0. The van der Waals surface area contributed by atoms with E-state index in [1.165, 1.54) is 54.7 Å². The summed E-state index contributed by atoms with van der Waals surface area (Å²) in [7, 11) is 0. The fourth-order valence-corrected chi connectivity index (χ4v) is 6.64. The van der Waals surface area contributed by atoms with Gasteiger partial charge in [-0.2, -0.15) is 0 Å². The van der Waals surface area contributed by atoms with Crippen molar-refractivity contribution < 1.29 is 0 Å². The number of hydrogen-bond donors (Lipinski definition) is 0. The second-order valence-electron chi connectivity index (χ2n) is 12.1. The van der Waals surface area contributed by atoms with Crippen LogP contribution in [0.3, 0.4) is 0 Å². The van der Waals surface area contributed by atoms with Crippen LogP contribution in [0.4, 0.5) is 34.1 Å². The Hall–Kier alpha value is -5.60. The lowest BCUT2D eigenvalue weighted by Gasteiger charge is -2.30. The van der Waals surface area contributed by atoms with E-state index < -0.39 is 0 Å². The minimum absolute atomic E-state index is 1.11. The van der Waals surface area contributed by atoms with Crippen molar-refractivity contribution in [1.29, 1.82) is 0 Å². The van der Waals surface area contributed by atoms with E-state index in [4.69, 9.17) is 0 Å². The molecule has 0 aliphatic heterocycles. The average molecular weight is 579 g/mol. The summed E-state index contributed by atoms with van der Waals surface area (Å²) >= 11 is 0. The Kier molecular flexibility index (Phi) is 6.50. The average Bonchev–Trinajstić information content (AvgIpc) is 3.07. The van der Waals surface area contributed by atoms with Crippen molar-refractivity contribution in [2.75, 3.05) is 9.80 Å². The van der Waals surface area contributed by atoms with E-state index in [1.54, 1.807) is 0 Å². The molecule has 0 atom stereocenters. The Labute approximate surface area is 264 Å². The number of rotatable bonds is 6. The molecule has 0 N–H and O–H groups in total. The van der Waals surface area contributed by atoms with Gasteiger partial charge in [-0.25, -0.2) is 0 Å². The number of aryl methyl sites for hydroxylation is 3. The zero-order chi connectivity index (χ0) is 30.5. The van der Waals surface area contributed by atoms with Crippen LogP contribution in [0, 0.1) is 20.8 Å². The van der Waals surface area contributed by atoms with Crippen LogP contribution in [0.25, 0.3) is 32.3 Å². The van der Waals surface area contributed by atoms with Gasteiger partial charge < -0.3 is 9.80 Å². The minimum Gasteiger partial charge on any atom is -0.310 e. The summed E-state index contributed by atoms with van der Waals surface area (Å²) in [6.45, 7) is 6.42. The van der Waals surface area contributed by atoms with E-state index in [-0.39, 0.29) is 0 Å². The van der Waals surface area contributed by atoms with Crippen LogP contribution in [0.2, 0.25) is 0 Å². The van der Waals surface area contributed by atoms with Crippen molar-refractivity contribution >= 4 is 66.4 Å². The molecule has 0 spiro atoms. The van der Waals surface area contributed by atoms with Crippen LogP contribution < -0.4 is 9.80 Å². The van der Waals surface area contributed by atoms with Gasteiger partial charge in [0.05, 0.1) is 5.69 Å². The third kappa shape index (κ3) is 4.76. The van der Waals surface area contributed by atoms with E-state index in [9.17, 15) is 0 Å². The third-order valence-electron chi connectivity index (χ3n) is 8.97. The monoisotopic (exact) mass is 578 g/mol. The molecule has 2 nitrogen and oxygen atoms in total. The Morgan fingerprint density at radius 2 is 0.756 bits per heavy atom. The topological polar surface area (TPSA) is 6.48 Å². The van der Waals surface area contributed by atoms with Gasteiger partial charge in [-0.1, -0.05) is 108 Å². The van der Waals surface area contributed by atoms with Gasteiger partial charge >= 0.3 is 0 Å². The van der Waals surface area contributed by atoms with Gasteiger partial charge in [-0.15, -0.1) is 0 Å². The molecule has 0 saturated heterocycles. The van der Waals surface area contributed by atoms with Crippen LogP contribution in [-0.2, 0) is 0 Å². The lowest BCUT2D eigenvalue weighted by Crippen LogP contribution is -2.13. The van der Waals surface area contributed by atoms with E-state index in [1.807, 2.05) is 0 Å². The van der Waals surface area contributed by atoms with E-state index in [2.05, 4.69) is 182 Å². The van der Waals surface area contributed by atoms with Gasteiger partial charge in [0.1, 0.15) is 0 Å². The maximum absolute atomic E-state index is 2.41. The molecule has 0 fully saturated rings. The minimum atomic E-state index is 1.11. The number of anilines is 6. The number of benzene rings is 8. The molecular weight excluding hydrogens is 544 g/mol. The highest BCUT2D eigenvalue weighted by Gasteiger charge is 2.20. The molecule has 8 aromatic carbocycles. The Morgan fingerprint density at radius 3 is 1.31 bits per heavy atom. The van der Waals surface area contributed by atoms with Crippen LogP contribution in [-0.4, -0.2) is 0 Å². The highest BCUT2D eigenvalue weighted by atomic mass is 15.2. The van der Waals surface area contributed by atoms with Crippen LogP contribution >= 0.6 is 0 Å². The normalized spacial score (nSPS) is 11.4. The molecule has 8 rings (SSSR count). The zero-order valence-corrected chi connectivity index (χ0v) is 25.8. The molecular formula is C43H34N2. The molecule has 0 unspecified atom stereocenters. The smallest absolute Gasteiger partial charge is 0.0540 e. The van der Waals surface area contributed by atoms with Crippen LogP contribution in [0.15, 0.2) is 152 Å². The molecule has 0 amide bonds. The molecule has 45 heavy (non-hydrogen) atoms. The van der Waals surface area contributed by atoms with E-state index in [0.717, 1.165) is 28.4 Å². The Bertz CT molecular complexity index is 2220. The summed E-state index contributed by atoms with van der Waals surface area (Å²) in [6, 6.07) is 55.6. The Balaban J connectivity index is 1.36. The molecule has 0 radical (unpaired) electrons. The number of hydrogen-bond acceptors (Lipinski definition) is 2. The Morgan fingerprint density at radius 1 is 0.333 bits per heavy atom. The first kappa shape index (κ1) is 27.0. The third-order valence-corrected chi connectivity index (χ3v) is 8.97. The largest absolute Gasteiger partial charge is 0.310 e. The molecule has 0 aromatic heterocycles. The molecule has 0 bridgehead atoms.